The normalized spacial score (nSPS) is 33.9. The maximum absolute atomic E-state index is 8.93. The summed E-state index contributed by atoms with van der Waals surface area (Å²) in [5.41, 5.74) is 0. The molecule has 2 nitrogen and oxygen atoms in total. The lowest BCUT2D eigenvalue weighted by Gasteiger charge is -2.04. The smallest absolute Gasteiger partial charge is 0.0636 e. The Bertz CT molecular complexity index is 103. The van der Waals surface area contributed by atoms with E-state index in [1.54, 1.807) is 0 Å². The van der Waals surface area contributed by atoms with Crippen LogP contribution < -0.4 is 5.32 Å². The van der Waals surface area contributed by atoms with Gasteiger partial charge in [0.05, 0.1) is 6.10 Å². The largest absolute Gasteiger partial charge is 0.392 e. The molecule has 0 aromatic carbocycles. The second kappa shape index (κ2) is 3.35. The third-order valence-electron chi connectivity index (χ3n) is 2.12. The Morgan fingerprint density at radius 3 is 2.80 bits per heavy atom. The van der Waals surface area contributed by atoms with Gasteiger partial charge in [0.1, 0.15) is 0 Å². The van der Waals surface area contributed by atoms with E-state index in [0.717, 1.165) is 12.5 Å². The maximum Gasteiger partial charge on any atom is 0.0636 e. The molecular weight excluding hydrogens is 126 g/mol. The van der Waals surface area contributed by atoms with E-state index in [1.165, 1.54) is 12.8 Å². The Labute approximate surface area is 62.6 Å². The predicted octanol–water partition coefficient (Wildman–Crippen LogP) is 0.755. The lowest BCUT2D eigenvalue weighted by Crippen LogP contribution is -2.27. The van der Waals surface area contributed by atoms with Crippen LogP contribution in [0.3, 0.4) is 0 Å². The highest BCUT2D eigenvalue weighted by atomic mass is 16.3. The van der Waals surface area contributed by atoms with E-state index in [0.29, 0.717) is 6.04 Å². The number of hydrogen-bond donors (Lipinski definition) is 2. The number of aliphatic hydroxyl groups is 1. The Morgan fingerprint density at radius 1 is 1.70 bits per heavy atom. The van der Waals surface area contributed by atoms with Crippen LogP contribution >= 0.6 is 0 Å². The number of aliphatic hydroxyl groups excluding tert-OH is 1. The summed E-state index contributed by atoms with van der Waals surface area (Å²) in [6, 6.07) is 0.708. The Hall–Kier alpha value is -0.0800. The van der Waals surface area contributed by atoms with Gasteiger partial charge in [-0.25, -0.2) is 0 Å². The molecule has 3 atom stereocenters. The standard InChI is InChI=1S/C8H17NO/c1-3-7-4-8(7)9-5-6(2)10/h6-10H,3-5H2,1-2H3/t6-,7?,8?/m1/s1. The van der Waals surface area contributed by atoms with E-state index >= 15 is 0 Å². The van der Waals surface area contributed by atoms with Gasteiger partial charge in [-0.15, -0.1) is 0 Å². The minimum Gasteiger partial charge on any atom is -0.392 e. The summed E-state index contributed by atoms with van der Waals surface area (Å²) >= 11 is 0. The van der Waals surface area contributed by atoms with Crippen LogP contribution in [0.4, 0.5) is 0 Å². The second-order valence-electron chi connectivity index (χ2n) is 3.27. The molecule has 1 aliphatic carbocycles. The molecule has 60 valence electrons. The van der Waals surface area contributed by atoms with E-state index in [9.17, 15) is 0 Å². The molecule has 0 spiro atoms. The quantitative estimate of drug-likeness (QED) is 0.609. The summed E-state index contributed by atoms with van der Waals surface area (Å²) in [6.45, 7) is 4.78. The van der Waals surface area contributed by atoms with E-state index in [2.05, 4.69) is 12.2 Å². The van der Waals surface area contributed by atoms with Crippen molar-refractivity contribution in [3.8, 4) is 0 Å². The second-order valence-corrected chi connectivity index (χ2v) is 3.27. The Kier molecular flexibility index (Phi) is 2.69. The molecule has 1 aliphatic rings. The van der Waals surface area contributed by atoms with E-state index < -0.39 is 0 Å². The number of nitrogens with one attached hydrogen (secondary N) is 1. The third kappa shape index (κ3) is 2.27. The number of hydrogen-bond acceptors (Lipinski definition) is 2. The van der Waals surface area contributed by atoms with Crippen molar-refractivity contribution in [2.75, 3.05) is 6.54 Å². The molecule has 10 heavy (non-hydrogen) atoms. The van der Waals surface area contributed by atoms with E-state index in [-0.39, 0.29) is 6.10 Å². The van der Waals surface area contributed by atoms with Gasteiger partial charge < -0.3 is 10.4 Å². The Balaban J connectivity index is 1.96. The van der Waals surface area contributed by atoms with Crippen molar-refractivity contribution in [1.29, 1.82) is 0 Å². The van der Waals surface area contributed by atoms with Gasteiger partial charge in [0.15, 0.2) is 0 Å². The molecule has 0 aromatic rings. The summed E-state index contributed by atoms with van der Waals surface area (Å²) in [7, 11) is 0. The molecule has 2 unspecified atom stereocenters. The summed E-state index contributed by atoms with van der Waals surface area (Å²) in [5.74, 6) is 0.888. The van der Waals surface area contributed by atoms with Crippen molar-refractivity contribution in [2.45, 2.75) is 38.8 Å². The van der Waals surface area contributed by atoms with Crippen LogP contribution in [0.25, 0.3) is 0 Å². The lowest BCUT2D eigenvalue weighted by molar-refractivity contribution is 0.190. The average Bonchev–Trinajstić information content (AvgIpc) is 2.61. The van der Waals surface area contributed by atoms with Crippen LogP contribution in [0.15, 0.2) is 0 Å². The third-order valence-corrected chi connectivity index (χ3v) is 2.12. The fourth-order valence-electron chi connectivity index (χ4n) is 1.27. The van der Waals surface area contributed by atoms with Crippen molar-refractivity contribution in [3.05, 3.63) is 0 Å². The van der Waals surface area contributed by atoms with Gasteiger partial charge in [0.2, 0.25) is 0 Å². The lowest BCUT2D eigenvalue weighted by atomic mass is 10.3. The zero-order valence-corrected chi connectivity index (χ0v) is 6.80. The van der Waals surface area contributed by atoms with Gasteiger partial charge in [0.25, 0.3) is 0 Å². The molecule has 0 saturated heterocycles. The van der Waals surface area contributed by atoms with Gasteiger partial charge in [-0.1, -0.05) is 13.3 Å². The zero-order chi connectivity index (χ0) is 7.56. The SMILES string of the molecule is CCC1CC1NC[C@@H](C)O. The Morgan fingerprint density at radius 2 is 2.40 bits per heavy atom. The fourth-order valence-corrected chi connectivity index (χ4v) is 1.27. The molecule has 0 aliphatic heterocycles. The highest BCUT2D eigenvalue weighted by Gasteiger charge is 2.34. The van der Waals surface area contributed by atoms with E-state index in [4.69, 9.17) is 5.11 Å². The first-order valence-electron chi connectivity index (χ1n) is 4.15. The topological polar surface area (TPSA) is 32.3 Å². The number of rotatable bonds is 4. The van der Waals surface area contributed by atoms with Crippen molar-refractivity contribution in [2.24, 2.45) is 5.92 Å². The minimum atomic E-state index is -0.196. The van der Waals surface area contributed by atoms with Crippen LogP contribution in [0.5, 0.6) is 0 Å². The van der Waals surface area contributed by atoms with Gasteiger partial charge in [-0.2, -0.15) is 0 Å². The summed E-state index contributed by atoms with van der Waals surface area (Å²) in [4.78, 5) is 0. The van der Waals surface area contributed by atoms with E-state index in [1.807, 2.05) is 6.92 Å². The molecule has 0 radical (unpaired) electrons. The van der Waals surface area contributed by atoms with Crippen molar-refractivity contribution < 1.29 is 5.11 Å². The fraction of sp³-hybridized carbons (Fsp3) is 1.00. The summed E-state index contributed by atoms with van der Waals surface area (Å²) in [5, 5.41) is 12.2. The minimum absolute atomic E-state index is 0.196. The monoisotopic (exact) mass is 143 g/mol. The van der Waals surface area contributed by atoms with Crippen LogP contribution in [-0.4, -0.2) is 23.8 Å². The van der Waals surface area contributed by atoms with Gasteiger partial charge in [-0.3, -0.25) is 0 Å². The van der Waals surface area contributed by atoms with Crippen LogP contribution in [0, 0.1) is 5.92 Å². The van der Waals surface area contributed by atoms with Crippen LogP contribution in [-0.2, 0) is 0 Å². The molecular formula is C8H17NO. The maximum atomic E-state index is 8.93. The molecule has 2 heteroatoms. The molecule has 0 aromatic heterocycles. The zero-order valence-electron chi connectivity index (χ0n) is 6.80. The molecule has 0 heterocycles. The predicted molar refractivity (Wildman–Crippen MR) is 41.9 cm³/mol. The van der Waals surface area contributed by atoms with Crippen LogP contribution in [0.2, 0.25) is 0 Å². The summed E-state index contributed by atoms with van der Waals surface area (Å²) < 4.78 is 0. The first kappa shape index (κ1) is 8.02. The molecule has 1 rings (SSSR count). The average molecular weight is 143 g/mol. The molecule has 0 bridgehead atoms. The molecule has 2 N–H and O–H groups in total. The molecule has 1 saturated carbocycles. The van der Waals surface area contributed by atoms with Crippen molar-refractivity contribution >= 4 is 0 Å². The van der Waals surface area contributed by atoms with Gasteiger partial charge >= 0.3 is 0 Å². The van der Waals surface area contributed by atoms with Gasteiger partial charge in [-0.05, 0) is 19.3 Å². The van der Waals surface area contributed by atoms with Crippen molar-refractivity contribution in [1.82, 2.24) is 5.32 Å². The van der Waals surface area contributed by atoms with Crippen molar-refractivity contribution in [3.63, 3.8) is 0 Å². The molecule has 1 fully saturated rings. The first-order chi connectivity index (χ1) is 4.74. The highest BCUT2D eigenvalue weighted by Crippen LogP contribution is 2.32. The van der Waals surface area contributed by atoms with Crippen LogP contribution in [0.1, 0.15) is 26.7 Å². The van der Waals surface area contributed by atoms with Gasteiger partial charge in [0, 0.05) is 12.6 Å². The first-order valence-corrected chi connectivity index (χ1v) is 4.15. The summed E-state index contributed by atoms with van der Waals surface area (Å²) in [6.07, 6.45) is 2.39. The molecule has 0 amide bonds. The highest BCUT2D eigenvalue weighted by molar-refractivity contribution is 4.91.